The van der Waals surface area contributed by atoms with Gasteiger partial charge in [0.1, 0.15) is 5.41 Å². The van der Waals surface area contributed by atoms with Crippen molar-refractivity contribution >= 4 is 5.91 Å². The van der Waals surface area contributed by atoms with Crippen molar-refractivity contribution in [3.63, 3.8) is 0 Å². The maximum Gasteiger partial charge on any atom is 0.403 e. The number of nitrogens with one attached hydrogen (secondary N) is 1. The molecular formula is C11H18F3NO. The Morgan fingerprint density at radius 2 is 1.75 bits per heavy atom. The Morgan fingerprint density at radius 1 is 1.25 bits per heavy atom. The van der Waals surface area contributed by atoms with Gasteiger partial charge in [-0.3, -0.25) is 4.79 Å². The van der Waals surface area contributed by atoms with Crippen LogP contribution in [0, 0.1) is 11.3 Å². The molecule has 0 radical (unpaired) electrons. The summed E-state index contributed by atoms with van der Waals surface area (Å²) >= 11 is 0. The summed E-state index contributed by atoms with van der Waals surface area (Å²) in [5, 5.41) is 2.47. The number of alkyl halides is 3. The quantitative estimate of drug-likeness (QED) is 0.803. The van der Waals surface area contributed by atoms with Crippen LogP contribution < -0.4 is 5.32 Å². The third-order valence-electron chi connectivity index (χ3n) is 3.54. The zero-order valence-electron chi connectivity index (χ0n) is 9.82. The highest BCUT2D eigenvalue weighted by molar-refractivity contribution is 5.84. The third-order valence-corrected chi connectivity index (χ3v) is 3.54. The van der Waals surface area contributed by atoms with Crippen molar-refractivity contribution in [1.29, 1.82) is 0 Å². The van der Waals surface area contributed by atoms with Crippen LogP contribution in [0.4, 0.5) is 13.2 Å². The number of rotatable bonds is 3. The standard InChI is InChI=1S/C11H18F3NO/c1-7(2)8(3)15-9(16)10(5-4-6-10)11(12,13)14/h7-8H,4-6H2,1-3H3,(H,15,16)/t8-/m1/s1. The van der Waals surface area contributed by atoms with E-state index in [0.29, 0.717) is 6.42 Å². The summed E-state index contributed by atoms with van der Waals surface area (Å²) in [7, 11) is 0. The van der Waals surface area contributed by atoms with Crippen LogP contribution in [0.25, 0.3) is 0 Å². The first kappa shape index (κ1) is 13.3. The Bertz CT molecular complexity index is 269. The van der Waals surface area contributed by atoms with Crippen LogP contribution in [0.5, 0.6) is 0 Å². The van der Waals surface area contributed by atoms with Crippen molar-refractivity contribution in [2.45, 2.75) is 52.3 Å². The second kappa shape index (κ2) is 4.26. The Labute approximate surface area is 93.6 Å². The molecule has 2 nitrogen and oxygen atoms in total. The maximum absolute atomic E-state index is 12.8. The minimum Gasteiger partial charge on any atom is -0.353 e. The molecule has 0 saturated heterocycles. The summed E-state index contributed by atoms with van der Waals surface area (Å²) in [4.78, 5) is 11.7. The summed E-state index contributed by atoms with van der Waals surface area (Å²) < 4.78 is 38.4. The fraction of sp³-hybridized carbons (Fsp3) is 0.909. The van der Waals surface area contributed by atoms with E-state index in [1.807, 2.05) is 13.8 Å². The number of halogens is 3. The lowest BCUT2D eigenvalue weighted by molar-refractivity contribution is -0.243. The van der Waals surface area contributed by atoms with Gasteiger partial charge >= 0.3 is 6.18 Å². The van der Waals surface area contributed by atoms with Gasteiger partial charge in [0.15, 0.2) is 0 Å². The number of carbonyl (C=O) groups is 1. The predicted molar refractivity (Wildman–Crippen MR) is 54.8 cm³/mol. The summed E-state index contributed by atoms with van der Waals surface area (Å²) in [6.45, 7) is 5.46. The van der Waals surface area contributed by atoms with Crippen LogP contribution in [-0.2, 0) is 4.79 Å². The molecule has 1 atom stereocenters. The zero-order valence-corrected chi connectivity index (χ0v) is 9.82. The third kappa shape index (κ3) is 2.18. The topological polar surface area (TPSA) is 29.1 Å². The molecular weight excluding hydrogens is 219 g/mol. The van der Waals surface area contributed by atoms with E-state index in [2.05, 4.69) is 5.32 Å². The summed E-state index contributed by atoms with van der Waals surface area (Å²) in [6.07, 6.45) is -4.10. The van der Waals surface area contributed by atoms with E-state index >= 15 is 0 Å². The average molecular weight is 237 g/mol. The van der Waals surface area contributed by atoms with Crippen LogP contribution in [0.2, 0.25) is 0 Å². The minimum absolute atomic E-state index is 0.0762. The van der Waals surface area contributed by atoms with E-state index < -0.39 is 17.5 Å². The fourth-order valence-corrected chi connectivity index (χ4v) is 1.68. The molecule has 1 rings (SSSR count). The predicted octanol–water partition coefficient (Wildman–Crippen LogP) is 2.88. The second-order valence-corrected chi connectivity index (χ2v) is 4.94. The smallest absolute Gasteiger partial charge is 0.353 e. The van der Waals surface area contributed by atoms with Crippen molar-refractivity contribution in [1.82, 2.24) is 5.32 Å². The van der Waals surface area contributed by atoms with Crippen LogP contribution in [-0.4, -0.2) is 18.1 Å². The molecule has 1 aliphatic rings. The van der Waals surface area contributed by atoms with Gasteiger partial charge in [0, 0.05) is 6.04 Å². The average Bonchev–Trinajstić information content (AvgIpc) is 1.97. The van der Waals surface area contributed by atoms with E-state index in [0.717, 1.165) is 0 Å². The highest BCUT2D eigenvalue weighted by Gasteiger charge is 2.63. The van der Waals surface area contributed by atoms with E-state index in [1.165, 1.54) is 0 Å². The van der Waals surface area contributed by atoms with E-state index in [9.17, 15) is 18.0 Å². The molecule has 1 saturated carbocycles. The van der Waals surface area contributed by atoms with Crippen LogP contribution >= 0.6 is 0 Å². The molecule has 1 amide bonds. The largest absolute Gasteiger partial charge is 0.403 e. The molecule has 0 aromatic carbocycles. The molecule has 0 spiro atoms. The number of carbonyl (C=O) groups excluding carboxylic acids is 1. The van der Waals surface area contributed by atoms with Gasteiger partial charge in [-0.1, -0.05) is 20.3 Å². The van der Waals surface area contributed by atoms with E-state index in [1.54, 1.807) is 6.92 Å². The van der Waals surface area contributed by atoms with Gasteiger partial charge in [0.25, 0.3) is 0 Å². The van der Waals surface area contributed by atoms with Crippen molar-refractivity contribution in [3.05, 3.63) is 0 Å². The summed E-state index contributed by atoms with van der Waals surface area (Å²) in [5.41, 5.74) is -2.11. The molecule has 5 heteroatoms. The number of hydrogen-bond acceptors (Lipinski definition) is 1. The molecule has 0 bridgehead atoms. The van der Waals surface area contributed by atoms with E-state index in [4.69, 9.17) is 0 Å². The van der Waals surface area contributed by atoms with Gasteiger partial charge in [0.05, 0.1) is 0 Å². The zero-order chi connectivity index (χ0) is 12.6. The van der Waals surface area contributed by atoms with Gasteiger partial charge < -0.3 is 5.32 Å². The van der Waals surface area contributed by atoms with Crippen LogP contribution in [0.15, 0.2) is 0 Å². The van der Waals surface area contributed by atoms with Crippen molar-refractivity contribution < 1.29 is 18.0 Å². The Balaban J connectivity index is 2.72. The molecule has 0 aliphatic heterocycles. The van der Waals surface area contributed by atoms with Crippen LogP contribution in [0.3, 0.4) is 0 Å². The second-order valence-electron chi connectivity index (χ2n) is 4.94. The van der Waals surface area contributed by atoms with Gasteiger partial charge in [-0.25, -0.2) is 0 Å². The van der Waals surface area contributed by atoms with Crippen molar-refractivity contribution in [2.24, 2.45) is 11.3 Å². The Hall–Kier alpha value is -0.740. The minimum atomic E-state index is -4.42. The van der Waals surface area contributed by atoms with Gasteiger partial charge in [-0.05, 0) is 25.7 Å². The summed E-state index contributed by atoms with van der Waals surface area (Å²) in [6, 6.07) is -0.229. The SMILES string of the molecule is CC(C)[C@@H](C)NC(=O)C1(C(F)(F)F)CCC1. The lowest BCUT2D eigenvalue weighted by Gasteiger charge is -2.42. The van der Waals surface area contributed by atoms with Crippen molar-refractivity contribution in [2.75, 3.05) is 0 Å². The molecule has 0 aromatic rings. The lowest BCUT2D eigenvalue weighted by Crippen LogP contribution is -2.57. The molecule has 0 aromatic heterocycles. The highest BCUT2D eigenvalue weighted by atomic mass is 19.4. The van der Waals surface area contributed by atoms with Gasteiger partial charge in [0.2, 0.25) is 5.91 Å². The number of hydrogen-bond donors (Lipinski definition) is 1. The number of amides is 1. The molecule has 16 heavy (non-hydrogen) atoms. The molecule has 0 heterocycles. The lowest BCUT2D eigenvalue weighted by atomic mass is 9.67. The van der Waals surface area contributed by atoms with Gasteiger partial charge in [-0.15, -0.1) is 0 Å². The molecule has 1 N–H and O–H groups in total. The normalized spacial score (nSPS) is 21.4. The van der Waals surface area contributed by atoms with E-state index in [-0.39, 0.29) is 24.8 Å². The Kier molecular flexibility index (Phi) is 3.55. The van der Waals surface area contributed by atoms with Crippen LogP contribution in [0.1, 0.15) is 40.0 Å². The first-order valence-corrected chi connectivity index (χ1v) is 5.58. The first-order chi connectivity index (χ1) is 7.21. The van der Waals surface area contributed by atoms with Gasteiger partial charge in [-0.2, -0.15) is 13.2 Å². The molecule has 0 unspecified atom stereocenters. The molecule has 94 valence electrons. The Morgan fingerprint density at radius 3 is 2.00 bits per heavy atom. The monoisotopic (exact) mass is 237 g/mol. The van der Waals surface area contributed by atoms with Crippen molar-refractivity contribution in [3.8, 4) is 0 Å². The highest BCUT2D eigenvalue weighted by Crippen LogP contribution is 2.53. The molecule has 1 fully saturated rings. The molecule has 1 aliphatic carbocycles. The fourth-order valence-electron chi connectivity index (χ4n) is 1.68. The maximum atomic E-state index is 12.8. The first-order valence-electron chi connectivity index (χ1n) is 5.58. The summed E-state index contributed by atoms with van der Waals surface area (Å²) in [5.74, 6) is -0.721.